The highest BCUT2D eigenvalue weighted by Crippen LogP contribution is 2.29. The van der Waals surface area contributed by atoms with Gasteiger partial charge in [-0.05, 0) is 34.7 Å². The predicted molar refractivity (Wildman–Crippen MR) is 106 cm³/mol. The van der Waals surface area contributed by atoms with Gasteiger partial charge >= 0.3 is 6.01 Å². The normalized spacial score (nSPS) is 11.0. The number of hydrogen-bond acceptors (Lipinski definition) is 7. The van der Waals surface area contributed by atoms with Gasteiger partial charge in [0.05, 0.1) is 16.2 Å². The molecule has 3 heterocycles. The van der Waals surface area contributed by atoms with E-state index in [2.05, 4.69) is 30.8 Å². The van der Waals surface area contributed by atoms with Crippen LogP contribution in [0.3, 0.4) is 0 Å². The van der Waals surface area contributed by atoms with Crippen LogP contribution in [-0.2, 0) is 18.4 Å². The zero-order valence-corrected chi connectivity index (χ0v) is 16.5. The van der Waals surface area contributed by atoms with E-state index in [1.165, 1.54) is 4.68 Å². The molecule has 3 aromatic heterocycles. The van der Waals surface area contributed by atoms with Crippen LogP contribution in [0.4, 0.5) is 5.82 Å². The smallest absolute Gasteiger partial charge is 0.305 e. The summed E-state index contributed by atoms with van der Waals surface area (Å²) in [6, 6.07) is 11.0. The molecule has 10 nitrogen and oxygen atoms in total. The van der Waals surface area contributed by atoms with Gasteiger partial charge in [0.1, 0.15) is 17.9 Å². The third kappa shape index (κ3) is 3.74. The minimum atomic E-state index is -0.109. The Balaban J connectivity index is 1.67. The van der Waals surface area contributed by atoms with E-state index < -0.39 is 0 Å². The van der Waals surface area contributed by atoms with Gasteiger partial charge in [-0.15, -0.1) is 0 Å². The molecule has 0 bridgehead atoms. The van der Waals surface area contributed by atoms with Crippen LogP contribution in [-0.4, -0.2) is 40.6 Å². The van der Waals surface area contributed by atoms with Crippen LogP contribution >= 0.6 is 11.6 Å². The van der Waals surface area contributed by atoms with E-state index in [0.717, 1.165) is 0 Å². The molecule has 0 saturated carbocycles. The number of ether oxygens (including phenoxy) is 1. The largest absolute Gasteiger partial charge is 0.458 e. The standard InChI is InChI=1S/C18H17ClN8O2/c1-3-15(28)21-14-9-4-6-11(20-14)10-29-18-22-16-12(19)7-5-8-13(16)27(18)17-23-24-25-26(17)2/h4-9H,3,10H2,1-2H3,(H,20,21,28). The maximum atomic E-state index is 11.6. The van der Waals surface area contributed by atoms with Crippen molar-refractivity contribution in [3.63, 3.8) is 0 Å². The SMILES string of the molecule is CCC(=O)Nc1cccc(COc2nc3c(Cl)cccc3n2-c2nnnn2C)n1. The lowest BCUT2D eigenvalue weighted by Gasteiger charge is -2.09. The van der Waals surface area contributed by atoms with Crippen LogP contribution in [0.25, 0.3) is 17.0 Å². The summed E-state index contributed by atoms with van der Waals surface area (Å²) in [5, 5.41) is 14.8. The lowest BCUT2D eigenvalue weighted by Crippen LogP contribution is -2.12. The first-order chi connectivity index (χ1) is 14.1. The Labute approximate surface area is 170 Å². The number of tetrazole rings is 1. The highest BCUT2D eigenvalue weighted by atomic mass is 35.5. The van der Waals surface area contributed by atoms with Crippen LogP contribution in [0, 0.1) is 0 Å². The van der Waals surface area contributed by atoms with Gasteiger partial charge in [-0.25, -0.2) is 14.2 Å². The Morgan fingerprint density at radius 3 is 2.79 bits per heavy atom. The molecule has 0 radical (unpaired) electrons. The summed E-state index contributed by atoms with van der Waals surface area (Å²) in [5.74, 6) is 0.787. The molecule has 4 rings (SSSR count). The fourth-order valence-corrected chi connectivity index (χ4v) is 2.96. The van der Waals surface area contributed by atoms with Gasteiger partial charge in [0.15, 0.2) is 0 Å². The molecule has 0 aliphatic rings. The first kappa shape index (κ1) is 18.8. The van der Waals surface area contributed by atoms with Crippen molar-refractivity contribution < 1.29 is 9.53 Å². The summed E-state index contributed by atoms with van der Waals surface area (Å²) in [4.78, 5) is 20.5. The molecule has 1 N–H and O–H groups in total. The molecule has 0 unspecified atom stereocenters. The van der Waals surface area contributed by atoms with Crippen molar-refractivity contribution in [3.05, 3.63) is 47.1 Å². The number of hydrogen-bond donors (Lipinski definition) is 1. The van der Waals surface area contributed by atoms with Gasteiger partial charge in [-0.2, -0.15) is 4.98 Å². The number of aromatic nitrogens is 7. The molecule has 0 atom stereocenters. The van der Waals surface area contributed by atoms with Gasteiger partial charge in [-0.3, -0.25) is 4.79 Å². The summed E-state index contributed by atoms with van der Waals surface area (Å²) in [6.07, 6.45) is 0.374. The second kappa shape index (κ2) is 7.84. The number of rotatable bonds is 6. The molecule has 29 heavy (non-hydrogen) atoms. The first-order valence-corrected chi connectivity index (χ1v) is 9.23. The van der Waals surface area contributed by atoms with E-state index in [1.54, 1.807) is 42.8 Å². The van der Waals surface area contributed by atoms with E-state index in [-0.39, 0.29) is 18.5 Å². The fraction of sp³-hybridized carbons (Fsp3) is 0.222. The maximum absolute atomic E-state index is 11.6. The lowest BCUT2D eigenvalue weighted by atomic mass is 10.3. The van der Waals surface area contributed by atoms with Gasteiger partial charge in [-0.1, -0.05) is 35.8 Å². The number of amides is 1. The maximum Gasteiger partial charge on any atom is 0.305 e. The van der Waals surface area contributed by atoms with E-state index in [1.807, 2.05) is 12.1 Å². The van der Waals surface area contributed by atoms with Crippen molar-refractivity contribution in [2.75, 3.05) is 5.32 Å². The van der Waals surface area contributed by atoms with Crippen molar-refractivity contribution in [2.24, 2.45) is 7.05 Å². The second-order valence-electron chi connectivity index (χ2n) is 6.14. The highest BCUT2D eigenvalue weighted by Gasteiger charge is 2.19. The van der Waals surface area contributed by atoms with Gasteiger partial charge in [0.2, 0.25) is 5.91 Å². The number of imidazole rings is 1. The number of carbonyl (C=O) groups is 1. The quantitative estimate of drug-likeness (QED) is 0.517. The van der Waals surface area contributed by atoms with E-state index in [9.17, 15) is 4.79 Å². The third-order valence-electron chi connectivity index (χ3n) is 4.15. The van der Waals surface area contributed by atoms with Crippen molar-refractivity contribution in [1.82, 2.24) is 34.7 Å². The average molecular weight is 413 g/mol. The summed E-state index contributed by atoms with van der Waals surface area (Å²) in [6.45, 7) is 1.90. The Bertz CT molecular complexity index is 1190. The first-order valence-electron chi connectivity index (χ1n) is 8.85. The Morgan fingerprint density at radius 1 is 1.21 bits per heavy atom. The number of benzene rings is 1. The highest BCUT2D eigenvalue weighted by molar-refractivity contribution is 6.35. The van der Waals surface area contributed by atoms with Crippen LogP contribution in [0.2, 0.25) is 5.02 Å². The van der Waals surface area contributed by atoms with E-state index in [4.69, 9.17) is 16.3 Å². The molecule has 0 aliphatic heterocycles. The zero-order valence-electron chi connectivity index (χ0n) is 15.7. The van der Waals surface area contributed by atoms with E-state index >= 15 is 0 Å². The van der Waals surface area contributed by atoms with Crippen molar-refractivity contribution in [1.29, 1.82) is 0 Å². The second-order valence-corrected chi connectivity index (χ2v) is 6.55. The molecule has 0 aliphatic carbocycles. The van der Waals surface area contributed by atoms with Crippen LogP contribution < -0.4 is 10.1 Å². The molecule has 1 amide bonds. The number of nitrogens with zero attached hydrogens (tertiary/aromatic N) is 7. The zero-order chi connectivity index (χ0) is 20.4. The van der Waals surface area contributed by atoms with Gasteiger partial charge in [0.25, 0.3) is 5.95 Å². The monoisotopic (exact) mass is 412 g/mol. The van der Waals surface area contributed by atoms with Crippen molar-refractivity contribution in [2.45, 2.75) is 20.0 Å². The summed E-state index contributed by atoms with van der Waals surface area (Å²) >= 11 is 6.30. The number of pyridine rings is 1. The molecule has 11 heteroatoms. The topological polar surface area (TPSA) is 113 Å². The Hall–Kier alpha value is -3.53. The number of aryl methyl sites for hydroxylation is 1. The lowest BCUT2D eigenvalue weighted by molar-refractivity contribution is -0.115. The summed E-state index contributed by atoms with van der Waals surface area (Å²) < 4.78 is 9.13. The molecule has 0 saturated heterocycles. The Morgan fingerprint density at radius 2 is 2.03 bits per heavy atom. The van der Waals surface area contributed by atoms with Gasteiger partial charge in [0, 0.05) is 13.5 Å². The van der Waals surface area contributed by atoms with Crippen LogP contribution in [0.5, 0.6) is 6.01 Å². The molecule has 148 valence electrons. The number of halogens is 1. The molecule has 4 aromatic rings. The predicted octanol–water partition coefficient (Wildman–Crippen LogP) is 2.52. The van der Waals surface area contributed by atoms with Crippen molar-refractivity contribution in [3.8, 4) is 12.0 Å². The molecular formula is C18H17ClN8O2. The fourth-order valence-electron chi connectivity index (χ4n) is 2.75. The minimum absolute atomic E-state index is 0.109. The number of anilines is 1. The average Bonchev–Trinajstić information content (AvgIpc) is 3.30. The van der Waals surface area contributed by atoms with Crippen LogP contribution in [0.15, 0.2) is 36.4 Å². The van der Waals surface area contributed by atoms with Gasteiger partial charge < -0.3 is 10.1 Å². The Kier molecular flexibility index (Phi) is 5.09. The summed E-state index contributed by atoms with van der Waals surface area (Å²) in [7, 11) is 1.72. The van der Waals surface area contributed by atoms with Crippen molar-refractivity contribution >= 4 is 34.4 Å². The molecule has 0 fully saturated rings. The molecule has 1 aromatic carbocycles. The minimum Gasteiger partial charge on any atom is -0.458 e. The number of fused-ring (bicyclic) bond motifs is 1. The number of nitrogens with one attached hydrogen (secondary N) is 1. The number of carbonyl (C=O) groups excluding carboxylic acids is 1. The number of para-hydroxylation sites is 1. The molecular weight excluding hydrogens is 396 g/mol. The van der Waals surface area contributed by atoms with Crippen LogP contribution in [0.1, 0.15) is 19.0 Å². The molecule has 0 spiro atoms. The third-order valence-corrected chi connectivity index (χ3v) is 4.45. The van der Waals surface area contributed by atoms with E-state index in [0.29, 0.717) is 39.9 Å². The summed E-state index contributed by atoms with van der Waals surface area (Å²) in [5.41, 5.74) is 1.91.